The molecule has 0 radical (unpaired) electrons. The molecule has 0 aromatic heterocycles. The lowest BCUT2D eigenvalue weighted by Gasteiger charge is -2.14. The number of anilines is 1. The SMILES string of the molecule is COc1cc(OC)cc(C2Cc3ccc(C#N)cc3N2)c1. The van der Waals surface area contributed by atoms with E-state index in [-0.39, 0.29) is 6.04 Å². The molecule has 1 heterocycles. The van der Waals surface area contributed by atoms with Gasteiger partial charge < -0.3 is 14.8 Å². The van der Waals surface area contributed by atoms with Crippen molar-refractivity contribution in [2.75, 3.05) is 19.5 Å². The Bertz CT molecular complexity index is 697. The van der Waals surface area contributed by atoms with Gasteiger partial charge in [0, 0.05) is 11.8 Å². The van der Waals surface area contributed by atoms with Crippen LogP contribution in [0.4, 0.5) is 5.69 Å². The highest BCUT2D eigenvalue weighted by Gasteiger charge is 2.23. The summed E-state index contributed by atoms with van der Waals surface area (Å²) in [6.45, 7) is 0. The Morgan fingerprint density at radius 1 is 1.10 bits per heavy atom. The minimum atomic E-state index is 0.165. The number of nitrogens with one attached hydrogen (secondary N) is 1. The zero-order valence-corrected chi connectivity index (χ0v) is 12.0. The summed E-state index contributed by atoms with van der Waals surface area (Å²) in [6, 6.07) is 14.0. The van der Waals surface area contributed by atoms with E-state index in [2.05, 4.69) is 11.4 Å². The molecule has 2 aromatic rings. The quantitative estimate of drug-likeness (QED) is 0.937. The largest absolute Gasteiger partial charge is 0.497 e. The van der Waals surface area contributed by atoms with Crippen LogP contribution in [-0.2, 0) is 6.42 Å². The van der Waals surface area contributed by atoms with Crippen LogP contribution in [0.2, 0.25) is 0 Å². The molecular formula is C17H16N2O2. The van der Waals surface area contributed by atoms with Gasteiger partial charge in [0.1, 0.15) is 11.5 Å². The first-order valence-corrected chi connectivity index (χ1v) is 6.76. The zero-order chi connectivity index (χ0) is 14.8. The van der Waals surface area contributed by atoms with Gasteiger partial charge in [-0.3, -0.25) is 0 Å². The van der Waals surface area contributed by atoms with Gasteiger partial charge in [0.25, 0.3) is 0 Å². The second-order valence-corrected chi connectivity index (χ2v) is 5.03. The van der Waals surface area contributed by atoms with Crippen LogP contribution in [0.3, 0.4) is 0 Å². The van der Waals surface area contributed by atoms with Gasteiger partial charge in [0.15, 0.2) is 0 Å². The van der Waals surface area contributed by atoms with Crippen LogP contribution in [-0.4, -0.2) is 14.2 Å². The Labute approximate surface area is 123 Å². The first kappa shape index (κ1) is 13.3. The predicted octanol–water partition coefficient (Wildman–Crippen LogP) is 3.28. The van der Waals surface area contributed by atoms with Crippen molar-refractivity contribution in [2.24, 2.45) is 0 Å². The Hall–Kier alpha value is -2.67. The standard InChI is InChI=1S/C17H16N2O2/c1-20-14-6-13(7-15(9-14)21-2)17-8-12-4-3-11(10-18)5-16(12)19-17/h3-7,9,17,19H,8H2,1-2H3. The molecule has 1 aliphatic heterocycles. The third-order valence-corrected chi connectivity index (χ3v) is 3.77. The number of rotatable bonds is 3. The van der Waals surface area contributed by atoms with E-state index in [0.29, 0.717) is 5.56 Å². The van der Waals surface area contributed by atoms with Crippen molar-refractivity contribution in [1.82, 2.24) is 0 Å². The molecule has 1 N–H and O–H groups in total. The Balaban J connectivity index is 1.92. The summed E-state index contributed by atoms with van der Waals surface area (Å²) in [5.41, 5.74) is 4.03. The van der Waals surface area contributed by atoms with E-state index in [4.69, 9.17) is 14.7 Å². The van der Waals surface area contributed by atoms with Crippen molar-refractivity contribution in [2.45, 2.75) is 12.5 Å². The van der Waals surface area contributed by atoms with E-state index in [1.807, 2.05) is 36.4 Å². The van der Waals surface area contributed by atoms with Gasteiger partial charge in [0.2, 0.25) is 0 Å². The van der Waals surface area contributed by atoms with Gasteiger partial charge in [-0.1, -0.05) is 6.07 Å². The minimum absolute atomic E-state index is 0.165. The van der Waals surface area contributed by atoms with E-state index in [1.165, 1.54) is 5.56 Å². The first-order chi connectivity index (χ1) is 10.2. The molecule has 4 nitrogen and oxygen atoms in total. The smallest absolute Gasteiger partial charge is 0.122 e. The molecule has 0 aliphatic carbocycles. The van der Waals surface area contributed by atoms with E-state index < -0.39 is 0 Å². The van der Waals surface area contributed by atoms with Crippen molar-refractivity contribution in [3.05, 3.63) is 53.1 Å². The lowest BCUT2D eigenvalue weighted by Crippen LogP contribution is -2.06. The number of nitriles is 1. The molecule has 0 spiro atoms. The third-order valence-electron chi connectivity index (χ3n) is 3.77. The van der Waals surface area contributed by atoms with Crippen LogP contribution >= 0.6 is 0 Å². The zero-order valence-electron chi connectivity index (χ0n) is 12.0. The molecule has 3 rings (SSSR count). The van der Waals surface area contributed by atoms with E-state index in [0.717, 1.165) is 29.2 Å². The predicted molar refractivity (Wildman–Crippen MR) is 80.8 cm³/mol. The Morgan fingerprint density at radius 2 is 1.81 bits per heavy atom. The minimum Gasteiger partial charge on any atom is -0.497 e. The van der Waals surface area contributed by atoms with Gasteiger partial charge in [-0.05, 0) is 41.8 Å². The normalized spacial score (nSPS) is 15.8. The summed E-state index contributed by atoms with van der Waals surface area (Å²) >= 11 is 0. The average molecular weight is 280 g/mol. The maximum Gasteiger partial charge on any atom is 0.122 e. The molecule has 0 fully saturated rings. The molecule has 2 aromatic carbocycles. The third kappa shape index (κ3) is 2.50. The Morgan fingerprint density at radius 3 is 2.43 bits per heavy atom. The number of fused-ring (bicyclic) bond motifs is 1. The highest BCUT2D eigenvalue weighted by atomic mass is 16.5. The topological polar surface area (TPSA) is 54.3 Å². The van der Waals surface area contributed by atoms with Gasteiger partial charge in [-0.15, -0.1) is 0 Å². The van der Waals surface area contributed by atoms with Crippen molar-refractivity contribution in [1.29, 1.82) is 5.26 Å². The summed E-state index contributed by atoms with van der Waals surface area (Å²) in [7, 11) is 3.29. The highest BCUT2D eigenvalue weighted by Crippen LogP contribution is 2.37. The van der Waals surface area contributed by atoms with E-state index in [1.54, 1.807) is 14.2 Å². The number of nitrogens with zero attached hydrogens (tertiary/aromatic N) is 1. The maximum atomic E-state index is 8.98. The molecule has 1 unspecified atom stereocenters. The molecule has 21 heavy (non-hydrogen) atoms. The fraction of sp³-hybridized carbons (Fsp3) is 0.235. The van der Waals surface area contributed by atoms with Crippen LogP contribution in [0.1, 0.15) is 22.7 Å². The van der Waals surface area contributed by atoms with Crippen LogP contribution in [0.5, 0.6) is 11.5 Å². The fourth-order valence-corrected chi connectivity index (χ4v) is 2.65. The fourth-order valence-electron chi connectivity index (χ4n) is 2.65. The van der Waals surface area contributed by atoms with Crippen LogP contribution < -0.4 is 14.8 Å². The van der Waals surface area contributed by atoms with Crippen LogP contribution in [0.25, 0.3) is 0 Å². The second kappa shape index (κ2) is 5.37. The molecule has 1 aliphatic rings. The van der Waals surface area contributed by atoms with E-state index >= 15 is 0 Å². The Kier molecular flexibility index (Phi) is 3.41. The van der Waals surface area contributed by atoms with Gasteiger partial charge in [0.05, 0.1) is 31.9 Å². The molecule has 0 amide bonds. The number of hydrogen-bond acceptors (Lipinski definition) is 4. The highest BCUT2D eigenvalue weighted by molar-refractivity contribution is 5.61. The van der Waals surface area contributed by atoms with E-state index in [9.17, 15) is 0 Å². The van der Waals surface area contributed by atoms with Gasteiger partial charge in [-0.25, -0.2) is 0 Å². The molecule has 0 saturated carbocycles. The number of methoxy groups -OCH3 is 2. The lowest BCUT2D eigenvalue weighted by molar-refractivity contribution is 0.393. The summed E-state index contributed by atoms with van der Waals surface area (Å²) < 4.78 is 10.6. The number of ether oxygens (including phenoxy) is 2. The lowest BCUT2D eigenvalue weighted by atomic mass is 10.0. The molecule has 0 bridgehead atoms. The summed E-state index contributed by atoms with van der Waals surface area (Å²) in [5.74, 6) is 1.56. The molecule has 106 valence electrons. The second-order valence-electron chi connectivity index (χ2n) is 5.03. The first-order valence-electron chi connectivity index (χ1n) is 6.76. The summed E-state index contributed by atoms with van der Waals surface area (Å²) in [4.78, 5) is 0. The van der Waals surface area contributed by atoms with Crippen molar-refractivity contribution >= 4 is 5.69 Å². The summed E-state index contributed by atoms with van der Waals surface area (Å²) in [5, 5.41) is 12.4. The monoisotopic (exact) mass is 280 g/mol. The van der Waals surface area contributed by atoms with Crippen LogP contribution in [0.15, 0.2) is 36.4 Å². The van der Waals surface area contributed by atoms with Crippen molar-refractivity contribution in [3.8, 4) is 17.6 Å². The average Bonchev–Trinajstić information content (AvgIpc) is 2.97. The molecule has 1 atom stereocenters. The van der Waals surface area contributed by atoms with Crippen LogP contribution in [0, 0.1) is 11.3 Å². The van der Waals surface area contributed by atoms with Gasteiger partial charge >= 0.3 is 0 Å². The maximum absolute atomic E-state index is 8.98. The van der Waals surface area contributed by atoms with Crippen molar-refractivity contribution in [3.63, 3.8) is 0 Å². The van der Waals surface area contributed by atoms with Gasteiger partial charge in [-0.2, -0.15) is 5.26 Å². The molecule has 0 saturated heterocycles. The molecule has 4 heteroatoms. The number of hydrogen-bond donors (Lipinski definition) is 1. The van der Waals surface area contributed by atoms with Crippen molar-refractivity contribution < 1.29 is 9.47 Å². The molecular weight excluding hydrogens is 264 g/mol. The number of benzene rings is 2. The summed E-state index contributed by atoms with van der Waals surface area (Å²) in [6.07, 6.45) is 0.886.